The highest BCUT2D eigenvalue weighted by Gasteiger charge is 2.19. The highest BCUT2D eigenvalue weighted by molar-refractivity contribution is 6.22. The third kappa shape index (κ3) is 5.01. The number of fused-ring (bicyclic) bond motifs is 10. The van der Waals surface area contributed by atoms with Gasteiger partial charge in [-0.3, -0.25) is 0 Å². The first-order chi connectivity index (χ1) is 29.7. The van der Waals surface area contributed by atoms with Crippen molar-refractivity contribution < 1.29 is 8.83 Å². The van der Waals surface area contributed by atoms with Gasteiger partial charge in [0.05, 0.1) is 0 Å². The number of hydrogen-bond acceptors (Lipinski definition) is 2. The summed E-state index contributed by atoms with van der Waals surface area (Å²) in [6, 6.07) is 74.7. The van der Waals surface area contributed by atoms with Crippen LogP contribution in [0.1, 0.15) is 0 Å². The molecule has 0 aliphatic rings. The molecule has 0 fully saturated rings. The average Bonchev–Trinajstić information content (AvgIpc) is 3.85. The van der Waals surface area contributed by atoms with Gasteiger partial charge in [0.1, 0.15) is 22.3 Å². The molecule has 0 bridgehead atoms. The third-order valence-electron chi connectivity index (χ3n) is 12.6. The monoisotopic (exact) mass is 762 g/mol. The summed E-state index contributed by atoms with van der Waals surface area (Å²) in [7, 11) is 0. The standard InChI is InChI=1S/C58H34O2/c1-3-14-38-33-54-50(30-36(38)12-1)49-31-40(26-27-52(49)59-54)35-16-9-18-42(28-35)56-45-20-5-7-22-47(45)57(48-23-8-6-21-46(48)56)43-19-10-17-41(29-43)44-24-11-25-53-58(44)51-32-37-13-2-4-15-39(37)34-55(51)60-53/h1-34H. The van der Waals surface area contributed by atoms with Crippen LogP contribution in [0.3, 0.4) is 0 Å². The largest absolute Gasteiger partial charge is 0.456 e. The van der Waals surface area contributed by atoms with E-state index in [0.717, 1.165) is 55.0 Å². The molecule has 0 atom stereocenters. The highest BCUT2D eigenvalue weighted by Crippen LogP contribution is 2.46. The molecule has 13 aromatic rings. The highest BCUT2D eigenvalue weighted by atomic mass is 16.3. The summed E-state index contributed by atoms with van der Waals surface area (Å²) in [5.74, 6) is 0. The lowest BCUT2D eigenvalue weighted by molar-refractivity contribution is 0.669. The summed E-state index contributed by atoms with van der Waals surface area (Å²) >= 11 is 0. The minimum absolute atomic E-state index is 0.900. The van der Waals surface area contributed by atoms with E-state index in [0.29, 0.717) is 0 Å². The number of hydrogen-bond donors (Lipinski definition) is 0. The van der Waals surface area contributed by atoms with Crippen LogP contribution in [-0.2, 0) is 0 Å². The van der Waals surface area contributed by atoms with Crippen molar-refractivity contribution >= 4 is 87.0 Å². The molecule has 11 aromatic carbocycles. The van der Waals surface area contributed by atoms with E-state index >= 15 is 0 Å². The molecule has 2 aromatic heterocycles. The van der Waals surface area contributed by atoms with Crippen molar-refractivity contribution in [3.8, 4) is 44.5 Å². The fourth-order valence-corrected chi connectivity index (χ4v) is 9.84. The smallest absolute Gasteiger partial charge is 0.136 e. The van der Waals surface area contributed by atoms with Gasteiger partial charge in [0.2, 0.25) is 0 Å². The van der Waals surface area contributed by atoms with Crippen LogP contribution in [0.25, 0.3) is 131 Å². The Bertz CT molecular complexity index is 3840. The fourth-order valence-electron chi connectivity index (χ4n) is 9.84. The number of benzene rings is 11. The van der Waals surface area contributed by atoms with Crippen LogP contribution in [0.15, 0.2) is 215 Å². The maximum absolute atomic E-state index is 6.49. The van der Waals surface area contributed by atoms with Crippen molar-refractivity contribution in [2.24, 2.45) is 0 Å². The minimum atomic E-state index is 0.900. The zero-order valence-corrected chi connectivity index (χ0v) is 32.4. The molecule has 2 heteroatoms. The molecule has 60 heavy (non-hydrogen) atoms. The minimum Gasteiger partial charge on any atom is -0.456 e. The normalized spacial score (nSPS) is 12.0. The van der Waals surface area contributed by atoms with Crippen molar-refractivity contribution in [3.63, 3.8) is 0 Å². The molecule has 0 saturated carbocycles. The molecule has 2 nitrogen and oxygen atoms in total. The summed E-state index contributed by atoms with van der Waals surface area (Å²) in [4.78, 5) is 0. The van der Waals surface area contributed by atoms with Gasteiger partial charge in [0.25, 0.3) is 0 Å². The zero-order chi connectivity index (χ0) is 39.3. The Balaban J connectivity index is 0.974. The lowest BCUT2D eigenvalue weighted by Crippen LogP contribution is -1.91. The van der Waals surface area contributed by atoms with Crippen molar-refractivity contribution in [2.45, 2.75) is 0 Å². The van der Waals surface area contributed by atoms with E-state index in [1.165, 1.54) is 76.5 Å². The van der Waals surface area contributed by atoms with Gasteiger partial charge in [0.15, 0.2) is 0 Å². The van der Waals surface area contributed by atoms with E-state index in [-0.39, 0.29) is 0 Å². The fraction of sp³-hybridized carbons (Fsp3) is 0. The van der Waals surface area contributed by atoms with Crippen molar-refractivity contribution in [2.75, 3.05) is 0 Å². The van der Waals surface area contributed by atoms with Gasteiger partial charge in [-0.15, -0.1) is 0 Å². The Kier molecular flexibility index (Phi) is 7.05. The van der Waals surface area contributed by atoms with Gasteiger partial charge in [-0.05, 0) is 142 Å². The van der Waals surface area contributed by atoms with Crippen molar-refractivity contribution in [1.29, 1.82) is 0 Å². The molecule has 0 aliphatic heterocycles. The topological polar surface area (TPSA) is 26.3 Å². The second kappa shape index (κ2) is 12.8. The summed E-state index contributed by atoms with van der Waals surface area (Å²) in [5, 5.41) is 14.3. The lowest BCUT2D eigenvalue weighted by Gasteiger charge is -2.18. The molecule has 0 saturated heterocycles. The molecule has 0 spiro atoms. The first kappa shape index (κ1) is 33.1. The molecule has 0 radical (unpaired) electrons. The summed E-state index contributed by atoms with van der Waals surface area (Å²) < 4.78 is 12.8. The molecule has 0 unspecified atom stereocenters. The second-order valence-electron chi connectivity index (χ2n) is 16.0. The number of rotatable bonds is 4. The molecule has 13 rings (SSSR count). The third-order valence-corrected chi connectivity index (χ3v) is 12.6. The van der Waals surface area contributed by atoms with E-state index in [1.807, 2.05) is 0 Å². The average molecular weight is 763 g/mol. The van der Waals surface area contributed by atoms with Crippen LogP contribution in [0.5, 0.6) is 0 Å². The van der Waals surface area contributed by atoms with Crippen molar-refractivity contribution in [3.05, 3.63) is 206 Å². The van der Waals surface area contributed by atoms with Gasteiger partial charge in [-0.25, -0.2) is 0 Å². The Hall–Kier alpha value is -7.94. The summed E-state index contributed by atoms with van der Waals surface area (Å²) in [5.41, 5.74) is 13.1. The van der Waals surface area contributed by atoms with E-state index in [1.54, 1.807) is 0 Å². The van der Waals surface area contributed by atoms with E-state index in [4.69, 9.17) is 8.83 Å². The molecular formula is C58H34O2. The summed E-state index contributed by atoms with van der Waals surface area (Å²) in [6.07, 6.45) is 0. The predicted octanol–water partition coefficient (Wildman–Crippen LogP) is 16.8. The summed E-state index contributed by atoms with van der Waals surface area (Å²) in [6.45, 7) is 0. The van der Waals surface area contributed by atoms with Gasteiger partial charge in [0, 0.05) is 21.5 Å². The van der Waals surface area contributed by atoms with Gasteiger partial charge in [-0.2, -0.15) is 0 Å². The molecular weight excluding hydrogens is 729 g/mol. The molecule has 0 N–H and O–H groups in total. The first-order valence-electron chi connectivity index (χ1n) is 20.6. The Morgan fingerprint density at radius 2 is 0.683 bits per heavy atom. The van der Waals surface area contributed by atoms with Gasteiger partial charge >= 0.3 is 0 Å². The predicted molar refractivity (Wildman–Crippen MR) is 253 cm³/mol. The number of furan rings is 2. The van der Waals surface area contributed by atoms with E-state index in [9.17, 15) is 0 Å². The van der Waals surface area contributed by atoms with Crippen molar-refractivity contribution in [1.82, 2.24) is 0 Å². The van der Waals surface area contributed by atoms with E-state index < -0.39 is 0 Å². The second-order valence-corrected chi connectivity index (χ2v) is 16.0. The van der Waals surface area contributed by atoms with E-state index in [2.05, 4.69) is 206 Å². The van der Waals surface area contributed by atoms with Crippen LogP contribution < -0.4 is 0 Å². The maximum Gasteiger partial charge on any atom is 0.136 e. The maximum atomic E-state index is 6.49. The van der Waals surface area contributed by atoms with Crippen LogP contribution in [-0.4, -0.2) is 0 Å². The van der Waals surface area contributed by atoms with Crippen LogP contribution in [0, 0.1) is 0 Å². The Morgan fingerprint density at radius 3 is 1.32 bits per heavy atom. The molecule has 0 aliphatic carbocycles. The Labute approximate surface area is 345 Å². The van der Waals surface area contributed by atoms with Gasteiger partial charge < -0.3 is 8.83 Å². The lowest BCUT2D eigenvalue weighted by atomic mass is 9.85. The Morgan fingerprint density at radius 1 is 0.233 bits per heavy atom. The first-order valence-corrected chi connectivity index (χ1v) is 20.6. The van der Waals surface area contributed by atoms with Crippen LogP contribution in [0.2, 0.25) is 0 Å². The molecule has 278 valence electrons. The SMILES string of the molecule is c1cc(-c2ccc3oc4cc5ccccc5cc4c3c2)cc(-c2c3ccccc3c(-c3cccc(-c4cccc5oc6cc7ccccc7cc6c45)c3)c3ccccc23)c1. The van der Waals surface area contributed by atoms with Gasteiger partial charge in [-0.1, -0.05) is 152 Å². The zero-order valence-electron chi connectivity index (χ0n) is 32.4. The van der Waals surface area contributed by atoms with Crippen LogP contribution >= 0.6 is 0 Å². The molecule has 0 amide bonds. The molecule has 2 heterocycles. The quantitative estimate of drug-likeness (QED) is 0.167. The van der Waals surface area contributed by atoms with Crippen LogP contribution in [0.4, 0.5) is 0 Å².